The molecule has 1 atom stereocenters. The van der Waals surface area contributed by atoms with Crippen molar-refractivity contribution in [2.24, 2.45) is 11.7 Å². The molecule has 0 spiro atoms. The maximum Gasteiger partial charge on any atom is 0.279 e. The zero-order valence-corrected chi connectivity index (χ0v) is 11.8. The number of hydrogen-bond acceptors (Lipinski definition) is 4. The highest BCUT2D eigenvalue weighted by Crippen LogP contribution is 2.27. The van der Waals surface area contributed by atoms with Gasteiger partial charge in [-0.15, -0.1) is 0 Å². The minimum atomic E-state index is -3.35. The smallest absolute Gasteiger partial charge is 0.279 e. The summed E-state index contributed by atoms with van der Waals surface area (Å²) < 4.78 is 28.5. The van der Waals surface area contributed by atoms with Crippen LogP contribution in [-0.2, 0) is 10.2 Å². The van der Waals surface area contributed by atoms with E-state index >= 15 is 0 Å². The first kappa shape index (κ1) is 14.2. The van der Waals surface area contributed by atoms with E-state index in [-0.39, 0.29) is 6.04 Å². The zero-order chi connectivity index (χ0) is 13.2. The molecule has 106 valence electrons. The van der Waals surface area contributed by atoms with Crippen molar-refractivity contribution in [1.29, 1.82) is 0 Å². The van der Waals surface area contributed by atoms with Crippen LogP contribution in [0.25, 0.3) is 0 Å². The molecule has 0 radical (unpaired) electrons. The largest absolute Gasteiger partial charge is 0.330 e. The summed E-state index contributed by atoms with van der Waals surface area (Å²) in [6.07, 6.45) is 2.91. The molecule has 18 heavy (non-hydrogen) atoms. The molecule has 0 aliphatic carbocycles. The molecule has 3 aliphatic rings. The van der Waals surface area contributed by atoms with Gasteiger partial charge in [0, 0.05) is 26.2 Å². The number of fused-ring (bicyclic) bond motifs is 3. The van der Waals surface area contributed by atoms with Gasteiger partial charge in [-0.3, -0.25) is 0 Å². The van der Waals surface area contributed by atoms with Gasteiger partial charge in [0.25, 0.3) is 10.2 Å². The van der Waals surface area contributed by atoms with Crippen molar-refractivity contribution in [3.8, 4) is 0 Å². The molecule has 0 saturated carbocycles. The normalized spacial score (nSPS) is 32.1. The molecule has 3 aliphatic heterocycles. The van der Waals surface area contributed by atoms with E-state index in [9.17, 15) is 8.42 Å². The average molecular weight is 276 g/mol. The van der Waals surface area contributed by atoms with Crippen molar-refractivity contribution in [1.82, 2.24) is 13.9 Å². The molecule has 3 heterocycles. The first-order valence-corrected chi connectivity index (χ1v) is 8.13. The summed E-state index contributed by atoms with van der Waals surface area (Å²) in [5.41, 5.74) is 5.41. The van der Waals surface area contributed by atoms with Crippen molar-refractivity contribution in [2.75, 3.05) is 39.8 Å². The summed E-state index contributed by atoms with van der Waals surface area (Å²) in [4.78, 5) is 2.34. The number of nitrogens with zero attached hydrogens (tertiary/aromatic N) is 2. The van der Waals surface area contributed by atoms with Gasteiger partial charge in [-0.25, -0.2) is 0 Å². The van der Waals surface area contributed by atoms with E-state index < -0.39 is 10.2 Å². The average Bonchev–Trinajstić information content (AvgIpc) is 2.36. The highest BCUT2D eigenvalue weighted by molar-refractivity contribution is 7.87. The topological polar surface area (TPSA) is 78.7 Å². The summed E-state index contributed by atoms with van der Waals surface area (Å²) in [5.74, 6) is 0.507. The van der Waals surface area contributed by atoms with Crippen LogP contribution in [0.4, 0.5) is 0 Å². The van der Waals surface area contributed by atoms with Gasteiger partial charge in [-0.1, -0.05) is 0 Å². The molecule has 3 N–H and O–H groups in total. The fourth-order valence-electron chi connectivity index (χ4n) is 2.81. The Labute approximate surface area is 110 Å². The fraction of sp³-hybridized carbons (Fsp3) is 1.00. The Kier molecular flexibility index (Phi) is 4.60. The van der Waals surface area contributed by atoms with Gasteiger partial charge in [0.1, 0.15) is 0 Å². The lowest BCUT2D eigenvalue weighted by Crippen LogP contribution is -2.58. The van der Waals surface area contributed by atoms with Crippen LogP contribution in [-0.4, -0.2) is 63.4 Å². The highest BCUT2D eigenvalue weighted by atomic mass is 32.2. The van der Waals surface area contributed by atoms with Gasteiger partial charge in [0.2, 0.25) is 0 Å². The maximum atomic E-state index is 12.1. The van der Waals surface area contributed by atoms with Gasteiger partial charge in [-0.05, 0) is 44.8 Å². The van der Waals surface area contributed by atoms with Crippen molar-refractivity contribution >= 4 is 10.2 Å². The molecule has 2 bridgehead atoms. The molecule has 0 aromatic carbocycles. The summed E-state index contributed by atoms with van der Waals surface area (Å²) in [5, 5.41) is 0. The van der Waals surface area contributed by atoms with E-state index in [1.54, 1.807) is 7.05 Å². The van der Waals surface area contributed by atoms with Crippen molar-refractivity contribution in [3.05, 3.63) is 0 Å². The minimum absolute atomic E-state index is 0.0813. The Morgan fingerprint density at radius 1 is 1.39 bits per heavy atom. The molecular formula is C11H24N4O2S. The summed E-state index contributed by atoms with van der Waals surface area (Å²) in [6.45, 7) is 4.08. The Bertz CT molecular complexity index is 365. The van der Waals surface area contributed by atoms with Crippen molar-refractivity contribution < 1.29 is 8.42 Å². The van der Waals surface area contributed by atoms with Crippen LogP contribution in [0.2, 0.25) is 0 Å². The lowest BCUT2D eigenvalue weighted by atomic mass is 9.85. The lowest BCUT2D eigenvalue weighted by Gasteiger charge is -2.45. The predicted octanol–water partition coefficient (Wildman–Crippen LogP) is -0.804. The Morgan fingerprint density at radius 3 is 2.56 bits per heavy atom. The van der Waals surface area contributed by atoms with E-state index in [0.29, 0.717) is 25.4 Å². The molecule has 7 heteroatoms. The van der Waals surface area contributed by atoms with Crippen LogP contribution in [0.1, 0.15) is 19.3 Å². The molecule has 6 nitrogen and oxygen atoms in total. The van der Waals surface area contributed by atoms with E-state index in [1.807, 2.05) is 0 Å². The third kappa shape index (κ3) is 3.21. The number of nitrogens with one attached hydrogen (secondary N) is 1. The van der Waals surface area contributed by atoms with Crippen molar-refractivity contribution in [3.63, 3.8) is 0 Å². The monoisotopic (exact) mass is 276 g/mol. The molecule has 3 saturated heterocycles. The number of rotatable bonds is 6. The quantitative estimate of drug-likeness (QED) is 0.665. The van der Waals surface area contributed by atoms with Crippen LogP contribution in [0.3, 0.4) is 0 Å². The molecule has 3 fully saturated rings. The minimum Gasteiger partial charge on any atom is -0.330 e. The first-order valence-electron chi connectivity index (χ1n) is 6.69. The van der Waals surface area contributed by atoms with Crippen LogP contribution in [0.15, 0.2) is 0 Å². The first-order chi connectivity index (χ1) is 8.53. The van der Waals surface area contributed by atoms with E-state index in [4.69, 9.17) is 5.73 Å². The van der Waals surface area contributed by atoms with Crippen LogP contribution in [0.5, 0.6) is 0 Å². The molecular weight excluding hydrogens is 252 g/mol. The number of nitrogens with two attached hydrogens (primary N) is 1. The van der Waals surface area contributed by atoms with Crippen LogP contribution >= 0.6 is 0 Å². The second kappa shape index (κ2) is 5.83. The summed E-state index contributed by atoms with van der Waals surface area (Å²) in [7, 11) is -1.74. The fourth-order valence-corrected chi connectivity index (χ4v) is 4.01. The molecule has 3 rings (SSSR count). The third-order valence-corrected chi connectivity index (χ3v) is 5.65. The zero-order valence-electron chi connectivity index (χ0n) is 11.0. The summed E-state index contributed by atoms with van der Waals surface area (Å²) in [6, 6.07) is 0.0813. The lowest BCUT2D eigenvalue weighted by molar-refractivity contribution is 0.0820. The molecule has 1 unspecified atom stereocenters. The van der Waals surface area contributed by atoms with Crippen LogP contribution < -0.4 is 10.5 Å². The maximum absolute atomic E-state index is 12.1. The van der Waals surface area contributed by atoms with E-state index in [0.717, 1.165) is 32.5 Å². The van der Waals surface area contributed by atoms with Gasteiger partial charge in [-0.2, -0.15) is 17.4 Å². The number of piperidine rings is 3. The Hall–Kier alpha value is -0.210. The van der Waals surface area contributed by atoms with Gasteiger partial charge in [0.05, 0.1) is 0 Å². The van der Waals surface area contributed by atoms with Gasteiger partial charge < -0.3 is 10.6 Å². The molecule has 0 aromatic heterocycles. The highest BCUT2D eigenvalue weighted by Gasteiger charge is 2.36. The van der Waals surface area contributed by atoms with Gasteiger partial charge >= 0.3 is 0 Å². The molecule has 0 aromatic rings. The van der Waals surface area contributed by atoms with E-state index in [2.05, 4.69) is 9.62 Å². The standard InChI is InChI=1S/C11H24N4O2S/c1-14(6-2-5-12)18(16,17)13-11-9-15-7-3-10(11)4-8-15/h10-11,13H,2-9,12H2,1H3. The second-order valence-electron chi connectivity index (χ2n) is 5.33. The van der Waals surface area contributed by atoms with E-state index in [1.165, 1.54) is 4.31 Å². The Morgan fingerprint density at radius 2 is 2.06 bits per heavy atom. The Balaban J connectivity index is 1.91. The SMILES string of the molecule is CN(CCCN)S(=O)(=O)NC1CN2CCC1CC2. The van der Waals surface area contributed by atoms with Crippen LogP contribution in [0, 0.1) is 5.92 Å². The summed E-state index contributed by atoms with van der Waals surface area (Å²) >= 11 is 0. The third-order valence-electron chi connectivity index (χ3n) is 4.04. The van der Waals surface area contributed by atoms with Crippen molar-refractivity contribution in [2.45, 2.75) is 25.3 Å². The number of hydrogen-bond donors (Lipinski definition) is 2. The van der Waals surface area contributed by atoms with Gasteiger partial charge in [0.15, 0.2) is 0 Å². The molecule has 0 amide bonds. The second-order valence-corrected chi connectivity index (χ2v) is 7.14. The predicted molar refractivity (Wildman–Crippen MR) is 71.3 cm³/mol.